The van der Waals surface area contributed by atoms with Crippen molar-refractivity contribution < 1.29 is 9.53 Å². The molecule has 0 heterocycles. The van der Waals surface area contributed by atoms with Crippen LogP contribution >= 0.6 is 0 Å². The molecule has 1 unspecified atom stereocenters. The lowest BCUT2D eigenvalue weighted by Crippen LogP contribution is -2.32. The molecule has 88 valence electrons. The molecule has 0 aliphatic carbocycles. The molecule has 1 amide bonds. The van der Waals surface area contributed by atoms with Crippen LogP contribution in [0, 0.1) is 0 Å². The lowest BCUT2D eigenvalue weighted by atomic mass is 10.0. The number of rotatable bonds is 5. The van der Waals surface area contributed by atoms with Crippen LogP contribution in [0.4, 0.5) is 0 Å². The smallest absolute Gasteiger partial charge is 0.258 e. The molecular weight excluding hydrogens is 202 g/mol. The first-order chi connectivity index (χ1) is 7.54. The van der Waals surface area contributed by atoms with Crippen LogP contribution in [0.5, 0.6) is 5.75 Å². The summed E-state index contributed by atoms with van der Waals surface area (Å²) in [5, 5.41) is 0. The fourth-order valence-electron chi connectivity index (χ4n) is 1.45. The van der Waals surface area contributed by atoms with E-state index in [1.54, 1.807) is 0 Å². The van der Waals surface area contributed by atoms with Crippen molar-refractivity contribution in [2.45, 2.75) is 39.2 Å². The summed E-state index contributed by atoms with van der Waals surface area (Å²) in [4.78, 5) is 11.1. The highest BCUT2D eigenvalue weighted by Crippen LogP contribution is 2.21. The highest BCUT2D eigenvalue weighted by molar-refractivity contribution is 5.79. The number of primary amides is 1. The molecule has 0 bridgehead atoms. The second-order valence-electron chi connectivity index (χ2n) is 4.14. The lowest BCUT2D eigenvalue weighted by molar-refractivity contribution is -0.124. The molecule has 0 aromatic heterocycles. The van der Waals surface area contributed by atoms with Crippen LogP contribution in [0.25, 0.3) is 0 Å². The number of ether oxygens (including phenoxy) is 1. The number of hydrogen-bond acceptors (Lipinski definition) is 2. The van der Waals surface area contributed by atoms with Crippen LogP contribution < -0.4 is 10.5 Å². The minimum absolute atomic E-state index is 0.419. The van der Waals surface area contributed by atoms with E-state index in [2.05, 4.69) is 13.8 Å². The average Bonchev–Trinajstić information content (AvgIpc) is 2.25. The summed E-state index contributed by atoms with van der Waals surface area (Å²) in [6.07, 6.45) is 0.0451. The van der Waals surface area contributed by atoms with Crippen LogP contribution in [0.1, 0.15) is 38.7 Å². The third-order valence-electron chi connectivity index (χ3n) is 2.49. The Morgan fingerprint density at radius 2 is 2.12 bits per heavy atom. The van der Waals surface area contributed by atoms with Crippen LogP contribution in [0.15, 0.2) is 24.3 Å². The van der Waals surface area contributed by atoms with Gasteiger partial charge in [0.05, 0.1) is 0 Å². The highest BCUT2D eigenvalue weighted by Gasteiger charge is 2.14. The highest BCUT2D eigenvalue weighted by atomic mass is 16.5. The minimum Gasteiger partial charge on any atom is -0.481 e. The molecule has 0 fully saturated rings. The predicted octanol–water partition coefficient (Wildman–Crippen LogP) is 2.45. The van der Waals surface area contributed by atoms with Crippen molar-refractivity contribution in [3.8, 4) is 5.75 Å². The predicted molar refractivity (Wildman–Crippen MR) is 64.4 cm³/mol. The van der Waals surface area contributed by atoms with Gasteiger partial charge in [-0.2, -0.15) is 0 Å². The number of nitrogens with two attached hydrogens (primary N) is 1. The van der Waals surface area contributed by atoms with Crippen LogP contribution in [-0.4, -0.2) is 12.0 Å². The quantitative estimate of drug-likeness (QED) is 0.830. The van der Waals surface area contributed by atoms with Gasteiger partial charge < -0.3 is 10.5 Å². The molecule has 0 aliphatic heterocycles. The Morgan fingerprint density at radius 1 is 1.44 bits per heavy atom. The Balaban J connectivity index is 2.80. The van der Waals surface area contributed by atoms with Gasteiger partial charge in [0.1, 0.15) is 5.75 Å². The topological polar surface area (TPSA) is 52.3 Å². The normalized spacial score (nSPS) is 12.5. The fourth-order valence-corrected chi connectivity index (χ4v) is 1.45. The fraction of sp³-hybridized carbons (Fsp3) is 0.462. The zero-order valence-electron chi connectivity index (χ0n) is 10.1. The molecule has 3 heteroatoms. The third kappa shape index (κ3) is 3.26. The molecule has 0 radical (unpaired) electrons. The first kappa shape index (κ1) is 12.6. The van der Waals surface area contributed by atoms with Gasteiger partial charge in [-0.25, -0.2) is 0 Å². The lowest BCUT2D eigenvalue weighted by Gasteiger charge is -2.15. The van der Waals surface area contributed by atoms with Crippen LogP contribution in [0.3, 0.4) is 0 Å². The summed E-state index contributed by atoms with van der Waals surface area (Å²) in [5.41, 5.74) is 6.42. The van der Waals surface area contributed by atoms with Gasteiger partial charge in [-0.3, -0.25) is 4.79 Å². The first-order valence-corrected chi connectivity index (χ1v) is 5.60. The van der Waals surface area contributed by atoms with Gasteiger partial charge in [0.15, 0.2) is 6.10 Å². The van der Waals surface area contributed by atoms with E-state index < -0.39 is 12.0 Å². The molecule has 16 heavy (non-hydrogen) atoms. The van der Waals surface area contributed by atoms with Crippen LogP contribution in [0.2, 0.25) is 0 Å². The molecule has 1 rings (SSSR count). The maximum Gasteiger partial charge on any atom is 0.258 e. The van der Waals surface area contributed by atoms with Gasteiger partial charge in [0.25, 0.3) is 5.91 Å². The van der Waals surface area contributed by atoms with Crippen molar-refractivity contribution in [3.63, 3.8) is 0 Å². The Kier molecular flexibility index (Phi) is 4.35. The van der Waals surface area contributed by atoms with E-state index >= 15 is 0 Å². The zero-order chi connectivity index (χ0) is 12.1. The number of amides is 1. The standard InChI is InChI=1S/C13H19NO2/c1-4-12(13(14)15)16-11-7-5-6-10(8-11)9(2)3/h5-9,12H,4H2,1-3H3,(H2,14,15). The summed E-state index contributed by atoms with van der Waals surface area (Å²) in [7, 11) is 0. The second-order valence-corrected chi connectivity index (χ2v) is 4.14. The number of hydrogen-bond donors (Lipinski definition) is 1. The van der Waals surface area contributed by atoms with E-state index in [0.717, 1.165) is 0 Å². The van der Waals surface area contributed by atoms with E-state index in [9.17, 15) is 4.79 Å². The van der Waals surface area contributed by atoms with Crippen molar-refractivity contribution in [1.29, 1.82) is 0 Å². The van der Waals surface area contributed by atoms with Gasteiger partial charge >= 0.3 is 0 Å². The van der Waals surface area contributed by atoms with Gasteiger partial charge in [0, 0.05) is 0 Å². The Hall–Kier alpha value is -1.51. The van der Waals surface area contributed by atoms with Gasteiger partial charge in [-0.1, -0.05) is 32.9 Å². The summed E-state index contributed by atoms with van der Waals surface area (Å²) in [6, 6.07) is 7.77. The van der Waals surface area contributed by atoms with Gasteiger partial charge in [-0.15, -0.1) is 0 Å². The van der Waals surface area contributed by atoms with Crippen molar-refractivity contribution in [1.82, 2.24) is 0 Å². The van der Waals surface area contributed by atoms with Crippen molar-refractivity contribution in [2.75, 3.05) is 0 Å². The summed E-state index contributed by atoms with van der Waals surface area (Å²) < 4.78 is 5.54. The molecule has 1 aromatic rings. The Labute approximate surface area is 96.6 Å². The van der Waals surface area contributed by atoms with Crippen LogP contribution in [-0.2, 0) is 4.79 Å². The maximum absolute atomic E-state index is 11.1. The summed E-state index contributed by atoms with van der Waals surface area (Å²) in [6.45, 7) is 6.11. The van der Waals surface area contributed by atoms with Gasteiger partial charge in [-0.05, 0) is 30.0 Å². The maximum atomic E-state index is 11.1. The van der Waals surface area contributed by atoms with E-state index in [-0.39, 0.29) is 0 Å². The molecule has 2 N–H and O–H groups in total. The second kappa shape index (κ2) is 5.54. The number of benzene rings is 1. The molecular formula is C13H19NO2. The minimum atomic E-state index is -0.539. The Morgan fingerprint density at radius 3 is 2.62 bits per heavy atom. The average molecular weight is 221 g/mol. The SMILES string of the molecule is CCC(Oc1cccc(C(C)C)c1)C(N)=O. The molecule has 0 aliphatic rings. The van der Waals surface area contributed by atoms with Crippen molar-refractivity contribution >= 4 is 5.91 Å². The molecule has 0 saturated heterocycles. The van der Waals surface area contributed by atoms with Gasteiger partial charge in [0.2, 0.25) is 0 Å². The zero-order valence-corrected chi connectivity index (χ0v) is 10.1. The van der Waals surface area contributed by atoms with E-state index in [0.29, 0.717) is 18.1 Å². The monoisotopic (exact) mass is 221 g/mol. The first-order valence-electron chi connectivity index (χ1n) is 5.60. The number of carbonyl (C=O) groups is 1. The van der Waals surface area contributed by atoms with Crippen molar-refractivity contribution in [3.05, 3.63) is 29.8 Å². The Bertz CT molecular complexity index is 361. The number of carbonyl (C=O) groups excluding carboxylic acids is 1. The molecule has 3 nitrogen and oxygen atoms in total. The van der Waals surface area contributed by atoms with E-state index in [1.165, 1.54) is 5.56 Å². The summed E-state index contributed by atoms with van der Waals surface area (Å²) >= 11 is 0. The summed E-state index contributed by atoms with van der Waals surface area (Å²) in [5.74, 6) is 0.728. The van der Waals surface area contributed by atoms with Crippen molar-refractivity contribution in [2.24, 2.45) is 5.73 Å². The molecule has 0 saturated carbocycles. The molecule has 1 atom stereocenters. The van der Waals surface area contributed by atoms with E-state index in [4.69, 9.17) is 10.5 Å². The molecule has 1 aromatic carbocycles. The third-order valence-corrected chi connectivity index (χ3v) is 2.49. The van der Waals surface area contributed by atoms with E-state index in [1.807, 2.05) is 31.2 Å². The largest absolute Gasteiger partial charge is 0.481 e. The molecule has 0 spiro atoms.